The molecule has 0 unspecified atom stereocenters. The molecule has 1 aliphatic rings. The lowest BCUT2D eigenvalue weighted by Gasteiger charge is -2.08. The summed E-state index contributed by atoms with van der Waals surface area (Å²) < 4.78 is 11.1. The van der Waals surface area contributed by atoms with E-state index < -0.39 is 5.97 Å². The van der Waals surface area contributed by atoms with Crippen LogP contribution in [0.3, 0.4) is 0 Å². The van der Waals surface area contributed by atoms with E-state index in [2.05, 4.69) is 4.99 Å². The molecule has 0 N–H and O–H groups in total. The first-order chi connectivity index (χ1) is 14.5. The third kappa shape index (κ3) is 4.73. The minimum Gasteiger partial charge on any atom is -0.489 e. The monoisotopic (exact) mass is 437 g/mol. The van der Waals surface area contributed by atoms with Gasteiger partial charge in [0.2, 0.25) is 5.90 Å². The van der Waals surface area contributed by atoms with Crippen molar-refractivity contribution in [1.29, 1.82) is 0 Å². The van der Waals surface area contributed by atoms with Crippen LogP contribution in [-0.2, 0) is 16.1 Å². The molecule has 0 bridgehead atoms. The molecular weight excluding hydrogens is 421 g/mol. The van der Waals surface area contributed by atoms with Crippen LogP contribution in [0.15, 0.2) is 77.4 Å². The zero-order valence-electron chi connectivity index (χ0n) is 16.1. The summed E-state index contributed by atoms with van der Waals surface area (Å²) in [6, 6.07) is 20.3. The van der Waals surface area contributed by atoms with Crippen molar-refractivity contribution in [3.63, 3.8) is 0 Å². The fourth-order valence-corrected chi connectivity index (χ4v) is 3.39. The van der Waals surface area contributed by atoms with Gasteiger partial charge in [-0.3, -0.25) is 0 Å². The van der Waals surface area contributed by atoms with E-state index in [1.165, 1.54) is 0 Å². The Bertz CT molecular complexity index is 1170. The van der Waals surface area contributed by atoms with Crippen LogP contribution in [0.1, 0.15) is 22.3 Å². The van der Waals surface area contributed by atoms with Crippen molar-refractivity contribution in [2.45, 2.75) is 13.5 Å². The Labute approximate surface area is 184 Å². The zero-order valence-corrected chi connectivity index (χ0v) is 17.6. The van der Waals surface area contributed by atoms with Gasteiger partial charge in [0, 0.05) is 21.2 Å². The average Bonchev–Trinajstić information content (AvgIpc) is 3.09. The van der Waals surface area contributed by atoms with E-state index in [1.54, 1.807) is 18.2 Å². The molecule has 0 saturated heterocycles. The summed E-state index contributed by atoms with van der Waals surface area (Å²) in [5.74, 6) is 0.528. The number of halogens is 2. The second-order valence-electron chi connectivity index (χ2n) is 6.80. The highest BCUT2D eigenvalue weighted by Crippen LogP contribution is 2.24. The number of hydrogen-bond acceptors (Lipinski definition) is 4. The van der Waals surface area contributed by atoms with Gasteiger partial charge in [0.1, 0.15) is 12.4 Å². The van der Waals surface area contributed by atoms with Gasteiger partial charge < -0.3 is 9.47 Å². The van der Waals surface area contributed by atoms with Gasteiger partial charge in [0.25, 0.3) is 0 Å². The third-order valence-corrected chi connectivity index (χ3v) is 5.07. The van der Waals surface area contributed by atoms with Crippen molar-refractivity contribution in [3.8, 4) is 5.75 Å². The van der Waals surface area contributed by atoms with Crippen LogP contribution in [0.5, 0.6) is 5.75 Å². The first kappa shape index (κ1) is 20.2. The number of nitrogens with zero attached hydrogens (tertiary/aromatic N) is 1. The maximum atomic E-state index is 12.2. The van der Waals surface area contributed by atoms with Gasteiger partial charge >= 0.3 is 5.97 Å². The molecule has 3 aromatic rings. The first-order valence-corrected chi connectivity index (χ1v) is 10.00. The predicted molar refractivity (Wildman–Crippen MR) is 119 cm³/mol. The van der Waals surface area contributed by atoms with Crippen molar-refractivity contribution in [3.05, 3.63) is 105 Å². The lowest BCUT2D eigenvalue weighted by molar-refractivity contribution is -0.129. The molecular formula is C24H17Cl2NO3. The molecule has 0 atom stereocenters. The van der Waals surface area contributed by atoms with E-state index in [9.17, 15) is 4.79 Å². The molecule has 6 heteroatoms. The van der Waals surface area contributed by atoms with Gasteiger partial charge in [0.15, 0.2) is 5.70 Å². The molecule has 3 aromatic carbocycles. The molecule has 30 heavy (non-hydrogen) atoms. The normalized spacial score (nSPS) is 14.6. The summed E-state index contributed by atoms with van der Waals surface area (Å²) >= 11 is 12.1. The maximum absolute atomic E-state index is 12.2. The quantitative estimate of drug-likeness (QED) is 0.351. The number of hydrogen-bond donors (Lipinski definition) is 0. The average molecular weight is 438 g/mol. The standard InChI is InChI=1S/C24H17Cl2NO3/c1-15-3-2-4-17(11-15)23-27-22(24(28)30-23)12-16-5-9-20(10-6-16)29-14-18-7-8-19(25)13-21(18)26/h2-13H,14H2,1H3/b22-12+. The van der Waals surface area contributed by atoms with Gasteiger partial charge in [-0.15, -0.1) is 0 Å². The molecule has 0 spiro atoms. The molecule has 1 aliphatic heterocycles. The number of carbonyl (C=O) groups excluding carboxylic acids is 1. The maximum Gasteiger partial charge on any atom is 0.363 e. The molecule has 0 amide bonds. The van der Waals surface area contributed by atoms with E-state index in [0.717, 1.165) is 22.3 Å². The Morgan fingerprint density at radius 1 is 1.03 bits per heavy atom. The highest BCUT2D eigenvalue weighted by molar-refractivity contribution is 6.35. The topological polar surface area (TPSA) is 47.9 Å². The van der Waals surface area contributed by atoms with Crippen LogP contribution in [0, 0.1) is 6.92 Å². The SMILES string of the molecule is Cc1cccc(C2=N/C(=C/c3ccc(OCc4ccc(Cl)cc4Cl)cc3)C(=O)O2)c1. The highest BCUT2D eigenvalue weighted by atomic mass is 35.5. The Hall–Kier alpha value is -3.08. The summed E-state index contributed by atoms with van der Waals surface area (Å²) in [7, 11) is 0. The predicted octanol–water partition coefficient (Wildman–Crippen LogP) is 6.23. The van der Waals surface area contributed by atoms with E-state index in [4.69, 9.17) is 32.7 Å². The van der Waals surface area contributed by atoms with Gasteiger partial charge in [-0.05, 0) is 55.0 Å². The van der Waals surface area contributed by atoms with E-state index >= 15 is 0 Å². The van der Waals surface area contributed by atoms with Crippen LogP contribution < -0.4 is 4.74 Å². The van der Waals surface area contributed by atoms with Crippen LogP contribution in [0.4, 0.5) is 0 Å². The van der Waals surface area contributed by atoms with Crippen molar-refractivity contribution >= 4 is 41.1 Å². The Morgan fingerprint density at radius 3 is 2.57 bits per heavy atom. The lowest BCUT2D eigenvalue weighted by Crippen LogP contribution is -2.05. The van der Waals surface area contributed by atoms with Crippen LogP contribution in [0.2, 0.25) is 10.0 Å². The fraction of sp³-hybridized carbons (Fsp3) is 0.0833. The number of aliphatic imine (C=N–C) groups is 1. The largest absolute Gasteiger partial charge is 0.489 e. The van der Waals surface area contributed by atoms with Gasteiger partial charge in [-0.1, -0.05) is 59.1 Å². The molecule has 4 rings (SSSR count). The summed E-state index contributed by atoms with van der Waals surface area (Å²) in [4.78, 5) is 16.5. The molecule has 150 valence electrons. The smallest absolute Gasteiger partial charge is 0.363 e. The molecule has 0 aromatic heterocycles. The molecule has 0 saturated carbocycles. The number of ether oxygens (including phenoxy) is 2. The summed E-state index contributed by atoms with van der Waals surface area (Å²) in [5.41, 5.74) is 3.76. The molecule has 1 heterocycles. The minimum absolute atomic E-state index is 0.258. The van der Waals surface area contributed by atoms with E-state index in [1.807, 2.05) is 61.5 Å². The minimum atomic E-state index is -0.468. The molecule has 0 aliphatic carbocycles. The van der Waals surface area contributed by atoms with Crippen molar-refractivity contribution in [2.75, 3.05) is 0 Å². The third-order valence-electron chi connectivity index (χ3n) is 4.48. The number of aryl methyl sites for hydroxylation is 1. The number of esters is 1. The van der Waals surface area contributed by atoms with Gasteiger partial charge in [0.05, 0.1) is 0 Å². The van der Waals surface area contributed by atoms with Gasteiger partial charge in [-0.2, -0.15) is 0 Å². The van der Waals surface area contributed by atoms with Crippen molar-refractivity contribution in [2.24, 2.45) is 4.99 Å². The number of carbonyl (C=O) groups is 1. The Morgan fingerprint density at radius 2 is 1.83 bits per heavy atom. The Balaban J connectivity index is 1.46. The summed E-state index contributed by atoms with van der Waals surface area (Å²) in [5, 5.41) is 1.14. The van der Waals surface area contributed by atoms with Gasteiger partial charge in [-0.25, -0.2) is 9.79 Å². The molecule has 0 fully saturated rings. The van der Waals surface area contributed by atoms with E-state index in [0.29, 0.717) is 28.3 Å². The summed E-state index contributed by atoms with van der Waals surface area (Å²) in [6.45, 7) is 2.30. The van der Waals surface area contributed by atoms with Crippen LogP contribution in [0.25, 0.3) is 6.08 Å². The molecule has 0 radical (unpaired) electrons. The summed E-state index contributed by atoms with van der Waals surface area (Å²) in [6.07, 6.45) is 1.69. The fourth-order valence-electron chi connectivity index (χ4n) is 2.93. The highest BCUT2D eigenvalue weighted by Gasteiger charge is 2.24. The lowest BCUT2D eigenvalue weighted by atomic mass is 10.1. The second-order valence-corrected chi connectivity index (χ2v) is 7.64. The molecule has 4 nitrogen and oxygen atoms in total. The van der Waals surface area contributed by atoms with Crippen molar-refractivity contribution < 1.29 is 14.3 Å². The number of benzene rings is 3. The first-order valence-electron chi connectivity index (χ1n) is 9.24. The van der Waals surface area contributed by atoms with Crippen LogP contribution >= 0.6 is 23.2 Å². The van der Waals surface area contributed by atoms with Crippen molar-refractivity contribution in [1.82, 2.24) is 0 Å². The number of cyclic esters (lactones) is 1. The van der Waals surface area contributed by atoms with Crippen LogP contribution in [-0.4, -0.2) is 11.9 Å². The second kappa shape index (κ2) is 8.74. The number of rotatable bonds is 5. The zero-order chi connectivity index (χ0) is 21.1. The van der Waals surface area contributed by atoms with E-state index in [-0.39, 0.29) is 5.70 Å². The Kier molecular flexibility index (Phi) is 5.88.